The second kappa shape index (κ2) is 12.1. The summed E-state index contributed by atoms with van der Waals surface area (Å²) in [6.07, 6.45) is 14.9. The Bertz CT molecular complexity index is 993. The molecule has 3 fully saturated rings. The predicted octanol–water partition coefficient (Wildman–Crippen LogP) is 10.4. The van der Waals surface area contributed by atoms with Gasteiger partial charge in [0.05, 0.1) is 12.2 Å². The molecule has 0 aromatic rings. The molecule has 0 aliphatic heterocycles. The second-order valence-electron chi connectivity index (χ2n) is 16.7. The van der Waals surface area contributed by atoms with Gasteiger partial charge in [-0.2, -0.15) is 0 Å². The topological polar surface area (TPSA) is 35.5 Å². The summed E-state index contributed by atoms with van der Waals surface area (Å²) in [5.74, 6) is 1.76. The van der Waals surface area contributed by atoms with Gasteiger partial charge in [0.15, 0.2) is 16.6 Å². The van der Waals surface area contributed by atoms with Crippen LogP contribution in [0.1, 0.15) is 107 Å². The first-order valence-corrected chi connectivity index (χ1v) is 21.9. The molecule has 0 N–H and O–H groups in total. The number of fused-ring (bicyclic) bond motifs is 1. The number of hydrogen-bond acceptors (Lipinski definition) is 3. The molecule has 0 unspecified atom stereocenters. The van der Waals surface area contributed by atoms with E-state index in [4.69, 9.17) is 8.85 Å². The smallest absolute Gasteiger partial charge is 0.192 e. The zero-order valence-corrected chi connectivity index (χ0v) is 30.2. The summed E-state index contributed by atoms with van der Waals surface area (Å²) in [6.45, 7) is 32.9. The minimum absolute atomic E-state index is 0.0192. The normalized spacial score (nSPS) is 33.4. The largest absolute Gasteiger partial charge is 0.413 e. The van der Waals surface area contributed by atoms with Gasteiger partial charge < -0.3 is 13.6 Å². The van der Waals surface area contributed by atoms with Crippen LogP contribution in [0.3, 0.4) is 0 Å². The molecule has 3 nitrogen and oxygen atoms in total. The quantitative estimate of drug-likeness (QED) is 0.210. The third-order valence-corrected chi connectivity index (χ3v) is 20.9. The predicted molar refractivity (Wildman–Crippen MR) is 177 cm³/mol. The number of allylic oxidation sites excluding steroid dienone is 3. The van der Waals surface area contributed by atoms with Crippen LogP contribution in [0.15, 0.2) is 35.5 Å². The molecule has 0 bridgehead atoms. The SMILES string of the molecule is C=C1C(=CC=C2CCC[C@]3(C)[C@@H]([C@H](C)CC=O)CC[C@@H]23)C[C@@H](O[Si](C)(C)C(C)(C)C)C[C@@H]1O[Si](C)(C)C(C)(C)C. The first kappa shape index (κ1) is 33.7. The van der Waals surface area contributed by atoms with Gasteiger partial charge in [0, 0.05) is 12.8 Å². The summed E-state index contributed by atoms with van der Waals surface area (Å²) in [5.41, 5.74) is 4.42. The average molecular weight is 587 g/mol. The van der Waals surface area contributed by atoms with Crippen molar-refractivity contribution in [3.8, 4) is 0 Å². The van der Waals surface area contributed by atoms with E-state index < -0.39 is 16.6 Å². The van der Waals surface area contributed by atoms with Crippen molar-refractivity contribution in [1.29, 1.82) is 0 Å². The van der Waals surface area contributed by atoms with E-state index in [9.17, 15) is 4.79 Å². The third kappa shape index (κ3) is 7.06. The molecule has 3 rings (SSSR count). The highest BCUT2D eigenvalue weighted by molar-refractivity contribution is 6.74. The Morgan fingerprint density at radius 3 is 2.17 bits per heavy atom. The summed E-state index contributed by atoms with van der Waals surface area (Å²) in [6, 6.07) is 0. The Hall–Kier alpha value is -0.756. The highest BCUT2D eigenvalue weighted by Gasteiger charge is 2.50. The lowest BCUT2D eigenvalue weighted by Gasteiger charge is -2.45. The van der Waals surface area contributed by atoms with Gasteiger partial charge in [0.25, 0.3) is 0 Å². The van der Waals surface area contributed by atoms with E-state index in [0.29, 0.717) is 29.6 Å². The van der Waals surface area contributed by atoms with E-state index in [0.717, 1.165) is 19.1 Å². The Balaban J connectivity index is 1.92. The van der Waals surface area contributed by atoms with E-state index >= 15 is 0 Å². The van der Waals surface area contributed by atoms with Crippen LogP contribution in [0.4, 0.5) is 0 Å². The molecule has 5 heteroatoms. The summed E-state index contributed by atoms with van der Waals surface area (Å²) in [7, 11) is -3.89. The van der Waals surface area contributed by atoms with Gasteiger partial charge in [-0.1, -0.05) is 79.7 Å². The van der Waals surface area contributed by atoms with Crippen molar-refractivity contribution >= 4 is 22.9 Å². The minimum atomic E-state index is -1.97. The van der Waals surface area contributed by atoms with Gasteiger partial charge in [0.2, 0.25) is 0 Å². The molecule has 40 heavy (non-hydrogen) atoms. The number of carbonyl (C=O) groups is 1. The molecule has 0 saturated heterocycles. The standard InChI is InChI=1S/C35H62O3Si2/c1-25(20-22-36)30-18-19-31-27(15-14-21-35(30,31)9)16-17-28-23-29(37-39(10,11)33(3,4)5)24-32(26(28)2)38-40(12,13)34(6,7)8/h16-17,22,25,29-32H,2,14-15,18-21,23-24H2,1,3-13H3/t25-,29-,30-,31+,32+,35-/m1/s1. The first-order chi connectivity index (χ1) is 18.2. The van der Waals surface area contributed by atoms with Crippen LogP contribution in [0.25, 0.3) is 0 Å². The van der Waals surface area contributed by atoms with E-state index in [1.807, 2.05) is 0 Å². The summed E-state index contributed by atoms with van der Waals surface area (Å²) in [4.78, 5) is 11.3. The zero-order valence-electron chi connectivity index (χ0n) is 28.2. The van der Waals surface area contributed by atoms with Crippen molar-refractivity contribution in [2.75, 3.05) is 0 Å². The molecular weight excluding hydrogens is 525 g/mol. The molecule has 3 saturated carbocycles. The second-order valence-corrected chi connectivity index (χ2v) is 26.3. The van der Waals surface area contributed by atoms with Crippen LogP contribution < -0.4 is 0 Å². The van der Waals surface area contributed by atoms with Gasteiger partial charge >= 0.3 is 0 Å². The van der Waals surface area contributed by atoms with Crippen LogP contribution in [-0.4, -0.2) is 35.1 Å². The Morgan fingerprint density at radius 2 is 1.60 bits per heavy atom. The Kier molecular flexibility index (Phi) is 10.2. The molecular formula is C35H62O3Si2. The molecule has 6 atom stereocenters. The van der Waals surface area contributed by atoms with Crippen molar-refractivity contribution < 1.29 is 13.6 Å². The maximum atomic E-state index is 11.3. The molecule has 0 aromatic heterocycles. The molecule has 0 amide bonds. The van der Waals surface area contributed by atoms with Crippen molar-refractivity contribution in [3.63, 3.8) is 0 Å². The highest BCUT2D eigenvalue weighted by Crippen LogP contribution is 2.59. The lowest BCUT2D eigenvalue weighted by atomic mass is 9.61. The van der Waals surface area contributed by atoms with E-state index in [1.54, 1.807) is 5.57 Å². The fourth-order valence-corrected chi connectivity index (χ4v) is 9.97. The van der Waals surface area contributed by atoms with Crippen LogP contribution in [0.2, 0.25) is 36.3 Å². The average Bonchev–Trinajstić information content (AvgIpc) is 3.16. The third-order valence-electron chi connectivity index (χ3n) is 11.9. The lowest BCUT2D eigenvalue weighted by molar-refractivity contribution is -0.109. The van der Waals surface area contributed by atoms with Crippen molar-refractivity contribution in [2.24, 2.45) is 23.2 Å². The molecule has 0 spiro atoms. The molecule has 3 aliphatic carbocycles. The molecule has 0 aromatic carbocycles. The van der Waals surface area contributed by atoms with Gasteiger partial charge in [-0.15, -0.1) is 0 Å². The molecule has 0 heterocycles. The maximum Gasteiger partial charge on any atom is 0.192 e. The summed E-state index contributed by atoms with van der Waals surface area (Å²) < 4.78 is 14.1. The maximum absolute atomic E-state index is 11.3. The first-order valence-electron chi connectivity index (χ1n) is 16.1. The van der Waals surface area contributed by atoms with E-state index in [2.05, 4.69) is 100 Å². The Labute approximate surface area is 249 Å². The fourth-order valence-electron chi connectivity index (χ4n) is 7.30. The summed E-state index contributed by atoms with van der Waals surface area (Å²) in [5, 5.41) is 0.328. The highest BCUT2D eigenvalue weighted by atomic mass is 28.4. The van der Waals surface area contributed by atoms with Crippen LogP contribution in [-0.2, 0) is 13.6 Å². The molecule has 0 radical (unpaired) electrons. The Morgan fingerprint density at radius 1 is 1.00 bits per heavy atom. The van der Waals surface area contributed by atoms with Crippen LogP contribution >= 0.6 is 0 Å². The van der Waals surface area contributed by atoms with Crippen LogP contribution in [0, 0.1) is 23.2 Å². The van der Waals surface area contributed by atoms with Gasteiger partial charge in [-0.3, -0.25) is 0 Å². The van der Waals surface area contributed by atoms with Crippen molar-refractivity contribution in [2.45, 2.75) is 155 Å². The lowest BCUT2D eigenvalue weighted by Crippen LogP contribution is -2.49. The monoisotopic (exact) mass is 586 g/mol. The van der Waals surface area contributed by atoms with Gasteiger partial charge in [-0.05, 0) is 109 Å². The molecule has 228 valence electrons. The number of rotatable bonds is 8. The molecule has 3 aliphatic rings. The zero-order chi connectivity index (χ0) is 30.3. The number of hydrogen-bond donors (Lipinski definition) is 0. The van der Waals surface area contributed by atoms with Gasteiger partial charge in [-0.25, -0.2) is 0 Å². The van der Waals surface area contributed by atoms with Crippen molar-refractivity contribution in [3.05, 3.63) is 35.5 Å². The summed E-state index contributed by atoms with van der Waals surface area (Å²) >= 11 is 0. The van der Waals surface area contributed by atoms with E-state index in [-0.39, 0.29) is 22.3 Å². The fraction of sp³-hybridized carbons (Fsp3) is 0.800. The van der Waals surface area contributed by atoms with Gasteiger partial charge in [0.1, 0.15) is 6.29 Å². The minimum Gasteiger partial charge on any atom is -0.413 e. The number of carbonyl (C=O) groups excluding carboxylic acids is 1. The van der Waals surface area contributed by atoms with Crippen LogP contribution in [0.5, 0.6) is 0 Å². The van der Waals surface area contributed by atoms with Crippen molar-refractivity contribution in [1.82, 2.24) is 0 Å². The number of aldehydes is 1. The van der Waals surface area contributed by atoms with E-state index in [1.165, 1.54) is 43.3 Å².